The van der Waals surface area contributed by atoms with Gasteiger partial charge in [-0.15, -0.1) is 0 Å². The smallest absolute Gasteiger partial charge is 0.245 e. The molecule has 0 spiro atoms. The topological polar surface area (TPSA) is 69.8 Å². The number of nitrogens with zero attached hydrogens (tertiary/aromatic N) is 1. The fraction of sp³-hybridized carbons (Fsp3) is 0.667. The predicted molar refractivity (Wildman–Crippen MR) is 66.9 cm³/mol. The van der Waals surface area contributed by atoms with Crippen LogP contribution in [0.2, 0.25) is 0 Å². The molecule has 17 heavy (non-hydrogen) atoms. The van der Waals surface area contributed by atoms with Gasteiger partial charge < -0.3 is 10.6 Å². The fourth-order valence-corrected chi connectivity index (χ4v) is 2.19. The molecule has 1 aromatic rings. The van der Waals surface area contributed by atoms with Crippen molar-refractivity contribution < 1.29 is 4.79 Å². The number of aromatic amines is 1. The molecule has 5 nitrogen and oxygen atoms in total. The number of rotatable bonds is 3. The molecule has 5 heteroatoms. The van der Waals surface area contributed by atoms with Gasteiger partial charge in [0.05, 0.1) is 11.7 Å². The molecule has 0 radical (unpaired) electrons. The van der Waals surface area contributed by atoms with E-state index in [-0.39, 0.29) is 5.91 Å². The second-order valence-electron chi connectivity index (χ2n) is 4.79. The highest BCUT2D eigenvalue weighted by Gasteiger charge is 2.34. The van der Waals surface area contributed by atoms with Crippen LogP contribution in [0.3, 0.4) is 0 Å². The van der Waals surface area contributed by atoms with Crippen LogP contribution in [0, 0.1) is 0 Å². The Morgan fingerprint density at radius 3 is 3.06 bits per heavy atom. The molecule has 0 aromatic carbocycles. The Balaban J connectivity index is 2.05. The lowest BCUT2D eigenvalue weighted by atomic mass is 9.90. The van der Waals surface area contributed by atoms with Gasteiger partial charge in [-0.25, -0.2) is 0 Å². The number of anilines is 1. The molecule has 1 saturated heterocycles. The van der Waals surface area contributed by atoms with Crippen molar-refractivity contribution in [3.05, 3.63) is 11.8 Å². The summed E-state index contributed by atoms with van der Waals surface area (Å²) in [7, 11) is 0. The van der Waals surface area contributed by atoms with E-state index in [2.05, 4.69) is 20.8 Å². The third-order valence-corrected chi connectivity index (χ3v) is 3.46. The number of hydrogen-bond donors (Lipinski definition) is 3. The van der Waals surface area contributed by atoms with Crippen LogP contribution in [0.5, 0.6) is 0 Å². The third-order valence-electron chi connectivity index (χ3n) is 3.46. The summed E-state index contributed by atoms with van der Waals surface area (Å²) < 4.78 is 0. The van der Waals surface area contributed by atoms with Crippen LogP contribution in [-0.4, -0.2) is 28.2 Å². The first-order valence-corrected chi connectivity index (χ1v) is 6.24. The second kappa shape index (κ2) is 4.87. The minimum Gasteiger partial charge on any atom is -0.309 e. The first-order valence-electron chi connectivity index (χ1n) is 6.24. The van der Waals surface area contributed by atoms with Crippen LogP contribution >= 0.6 is 0 Å². The van der Waals surface area contributed by atoms with Gasteiger partial charge >= 0.3 is 0 Å². The molecule has 0 saturated carbocycles. The summed E-state index contributed by atoms with van der Waals surface area (Å²) in [5.74, 6) is 0.752. The number of hydrogen-bond acceptors (Lipinski definition) is 3. The molecule has 2 rings (SSSR count). The maximum atomic E-state index is 12.2. The third kappa shape index (κ3) is 2.49. The van der Waals surface area contributed by atoms with Gasteiger partial charge in [0, 0.05) is 5.56 Å². The van der Waals surface area contributed by atoms with E-state index in [9.17, 15) is 4.79 Å². The van der Waals surface area contributed by atoms with Gasteiger partial charge in [0.2, 0.25) is 5.91 Å². The Kier molecular flexibility index (Phi) is 3.47. The average Bonchev–Trinajstić information content (AvgIpc) is 2.77. The summed E-state index contributed by atoms with van der Waals surface area (Å²) >= 11 is 0. The van der Waals surface area contributed by atoms with E-state index in [1.54, 1.807) is 6.20 Å². The van der Waals surface area contributed by atoms with Crippen LogP contribution in [-0.2, 0) is 11.2 Å². The molecule has 1 atom stereocenters. The number of aryl methyl sites for hydroxylation is 1. The van der Waals surface area contributed by atoms with E-state index in [0.717, 1.165) is 43.6 Å². The van der Waals surface area contributed by atoms with E-state index < -0.39 is 5.54 Å². The van der Waals surface area contributed by atoms with Crippen molar-refractivity contribution in [2.45, 2.75) is 45.1 Å². The normalized spacial score (nSPS) is 24.6. The fourth-order valence-electron chi connectivity index (χ4n) is 2.19. The molecule has 1 amide bonds. The van der Waals surface area contributed by atoms with Gasteiger partial charge in [0.25, 0.3) is 0 Å². The largest absolute Gasteiger partial charge is 0.309 e. The molecule has 0 bridgehead atoms. The highest BCUT2D eigenvalue weighted by atomic mass is 16.2. The number of nitrogens with one attached hydrogen (secondary N) is 3. The van der Waals surface area contributed by atoms with E-state index >= 15 is 0 Å². The number of amides is 1. The molecule has 1 unspecified atom stereocenters. The van der Waals surface area contributed by atoms with Crippen molar-refractivity contribution in [2.24, 2.45) is 0 Å². The predicted octanol–water partition coefficient (Wildman–Crippen LogP) is 1.44. The molecular formula is C12H20N4O. The summed E-state index contributed by atoms with van der Waals surface area (Å²) in [5.41, 5.74) is 0.590. The lowest BCUT2D eigenvalue weighted by Crippen LogP contribution is -2.54. The lowest BCUT2D eigenvalue weighted by molar-refractivity contribution is -0.122. The monoisotopic (exact) mass is 236 g/mol. The van der Waals surface area contributed by atoms with Gasteiger partial charge in [-0.05, 0) is 39.2 Å². The van der Waals surface area contributed by atoms with Crippen molar-refractivity contribution in [2.75, 3.05) is 11.9 Å². The Morgan fingerprint density at radius 1 is 1.59 bits per heavy atom. The Labute approximate surface area is 101 Å². The number of carbonyl (C=O) groups is 1. The highest BCUT2D eigenvalue weighted by molar-refractivity contribution is 5.97. The quantitative estimate of drug-likeness (QED) is 0.744. The lowest BCUT2D eigenvalue weighted by Gasteiger charge is -2.33. The molecule has 0 aliphatic carbocycles. The Bertz CT molecular complexity index is 393. The van der Waals surface area contributed by atoms with Crippen LogP contribution in [0.15, 0.2) is 6.20 Å². The van der Waals surface area contributed by atoms with Gasteiger partial charge in [0.1, 0.15) is 5.82 Å². The summed E-state index contributed by atoms with van der Waals surface area (Å²) in [4.78, 5) is 12.2. The molecule has 1 aliphatic rings. The first kappa shape index (κ1) is 12.1. The van der Waals surface area contributed by atoms with E-state index in [1.807, 2.05) is 13.8 Å². The van der Waals surface area contributed by atoms with Crippen molar-refractivity contribution >= 4 is 11.7 Å². The van der Waals surface area contributed by atoms with Crippen molar-refractivity contribution in [1.29, 1.82) is 0 Å². The zero-order valence-corrected chi connectivity index (χ0v) is 10.5. The second-order valence-corrected chi connectivity index (χ2v) is 4.79. The summed E-state index contributed by atoms with van der Waals surface area (Å²) in [5, 5.41) is 13.0. The van der Waals surface area contributed by atoms with E-state index in [1.165, 1.54) is 0 Å². The van der Waals surface area contributed by atoms with Crippen molar-refractivity contribution in [3.8, 4) is 0 Å². The van der Waals surface area contributed by atoms with Crippen molar-refractivity contribution in [3.63, 3.8) is 0 Å². The molecule has 2 heterocycles. The summed E-state index contributed by atoms with van der Waals surface area (Å²) in [6.45, 7) is 4.91. The molecule has 3 N–H and O–H groups in total. The minimum atomic E-state index is -0.450. The van der Waals surface area contributed by atoms with Gasteiger partial charge in [-0.3, -0.25) is 9.89 Å². The van der Waals surface area contributed by atoms with Gasteiger partial charge in [-0.1, -0.05) is 6.92 Å². The van der Waals surface area contributed by atoms with Gasteiger partial charge in [-0.2, -0.15) is 5.10 Å². The van der Waals surface area contributed by atoms with Gasteiger partial charge in [0.15, 0.2) is 0 Å². The number of H-pyrrole nitrogens is 1. The average molecular weight is 236 g/mol. The van der Waals surface area contributed by atoms with Crippen LogP contribution in [0.25, 0.3) is 0 Å². The minimum absolute atomic E-state index is 0.0242. The number of piperidine rings is 1. The zero-order valence-electron chi connectivity index (χ0n) is 10.5. The van der Waals surface area contributed by atoms with Crippen molar-refractivity contribution in [1.82, 2.24) is 15.5 Å². The van der Waals surface area contributed by atoms with Crippen LogP contribution < -0.4 is 10.6 Å². The highest BCUT2D eigenvalue weighted by Crippen LogP contribution is 2.21. The molecule has 1 aromatic heterocycles. The van der Waals surface area contributed by atoms with E-state index in [0.29, 0.717) is 0 Å². The summed E-state index contributed by atoms with van der Waals surface area (Å²) in [6.07, 6.45) is 5.74. The molecule has 94 valence electrons. The Morgan fingerprint density at radius 2 is 2.41 bits per heavy atom. The SMILES string of the molecule is CCc1cn[nH]c1NC(=O)C1(C)CCCCN1. The zero-order chi connectivity index (χ0) is 12.3. The van der Waals surface area contributed by atoms with E-state index in [4.69, 9.17) is 0 Å². The van der Waals surface area contributed by atoms with Crippen LogP contribution in [0.4, 0.5) is 5.82 Å². The Hall–Kier alpha value is -1.36. The standard InChI is InChI=1S/C12H20N4O/c1-3-9-8-14-16-10(9)15-11(17)12(2)6-4-5-7-13-12/h8,13H,3-7H2,1-2H3,(H2,14,15,16,17). The maximum absolute atomic E-state index is 12.2. The first-order chi connectivity index (χ1) is 8.15. The molecular weight excluding hydrogens is 216 g/mol. The number of aromatic nitrogens is 2. The molecule has 1 fully saturated rings. The summed E-state index contributed by atoms with van der Waals surface area (Å²) in [6, 6.07) is 0. The molecule has 1 aliphatic heterocycles. The van der Waals surface area contributed by atoms with Crippen LogP contribution in [0.1, 0.15) is 38.7 Å². The maximum Gasteiger partial charge on any atom is 0.245 e. The number of carbonyl (C=O) groups excluding carboxylic acids is 1.